The van der Waals surface area contributed by atoms with E-state index in [4.69, 9.17) is 0 Å². The lowest BCUT2D eigenvalue weighted by Crippen LogP contribution is -2.31. The summed E-state index contributed by atoms with van der Waals surface area (Å²) in [7, 11) is 0. The standard InChI is InChI=1S/C24H48O2/c1-4-7-10-13-16-19-22-24(23(25)26,20-17-14-11-8-5-2)21-18-15-12-9-6-3/h4-22H2,1-3H3,(H,25,26). The average Bonchev–Trinajstić information content (AvgIpc) is 2.63. The SMILES string of the molecule is CCCCCCCCC(CCCCCCC)(CCCCCCC)C(=O)O. The Bertz CT molecular complexity index is 297. The minimum Gasteiger partial charge on any atom is -0.481 e. The topological polar surface area (TPSA) is 37.3 Å². The van der Waals surface area contributed by atoms with Gasteiger partial charge in [-0.1, -0.05) is 124 Å². The Kier molecular flexibility index (Phi) is 17.5. The monoisotopic (exact) mass is 368 g/mol. The molecule has 2 heteroatoms. The number of carbonyl (C=O) groups is 1. The molecule has 0 aliphatic rings. The molecule has 0 bridgehead atoms. The number of carboxylic acid groups (broad SMARTS) is 1. The van der Waals surface area contributed by atoms with E-state index in [9.17, 15) is 9.90 Å². The molecule has 2 nitrogen and oxygen atoms in total. The van der Waals surface area contributed by atoms with Crippen LogP contribution in [-0.2, 0) is 4.79 Å². The molecule has 0 radical (unpaired) electrons. The number of carboxylic acids is 1. The molecule has 0 spiro atoms. The van der Waals surface area contributed by atoms with Crippen molar-refractivity contribution in [2.24, 2.45) is 5.41 Å². The molecule has 0 heterocycles. The second-order valence-electron chi connectivity index (χ2n) is 8.43. The summed E-state index contributed by atoms with van der Waals surface area (Å²) in [5, 5.41) is 10.1. The fourth-order valence-corrected chi connectivity index (χ4v) is 4.07. The molecule has 0 unspecified atom stereocenters. The summed E-state index contributed by atoms with van der Waals surface area (Å²) < 4.78 is 0. The second kappa shape index (κ2) is 17.9. The largest absolute Gasteiger partial charge is 0.481 e. The molecule has 0 aliphatic carbocycles. The molecule has 0 aromatic rings. The van der Waals surface area contributed by atoms with Crippen LogP contribution in [0.15, 0.2) is 0 Å². The first-order valence-corrected chi connectivity index (χ1v) is 11.9. The summed E-state index contributed by atoms with van der Waals surface area (Å²) in [6.07, 6.45) is 22.4. The third-order valence-electron chi connectivity index (χ3n) is 5.98. The number of rotatable bonds is 20. The van der Waals surface area contributed by atoms with Crippen LogP contribution in [0.3, 0.4) is 0 Å². The smallest absolute Gasteiger partial charge is 0.309 e. The maximum Gasteiger partial charge on any atom is 0.309 e. The van der Waals surface area contributed by atoms with Gasteiger partial charge in [-0.3, -0.25) is 4.79 Å². The van der Waals surface area contributed by atoms with Crippen LogP contribution >= 0.6 is 0 Å². The quantitative estimate of drug-likeness (QED) is 0.219. The molecule has 0 atom stereocenters. The number of unbranched alkanes of at least 4 members (excludes halogenated alkanes) is 13. The van der Waals surface area contributed by atoms with Gasteiger partial charge in [0.2, 0.25) is 0 Å². The highest BCUT2D eigenvalue weighted by molar-refractivity contribution is 5.74. The van der Waals surface area contributed by atoms with Gasteiger partial charge in [-0.25, -0.2) is 0 Å². The van der Waals surface area contributed by atoms with Crippen LogP contribution in [0.4, 0.5) is 0 Å². The Balaban J connectivity index is 4.48. The third kappa shape index (κ3) is 12.8. The Morgan fingerprint density at radius 2 is 0.808 bits per heavy atom. The van der Waals surface area contributed by atoms with Crippen molar-refractivity contribution in [2.45, 2.75) is 143 Å². The van der Waals surface area contributed by atoms with Crippen LogP contribution in [0.2, 0.25) is 0 Å². The molecule has 0 aromatic carbocycles. The van der Waals surface area contributed by atoms with Crippen molar-refractivity contribution in [3.05, 3.63) is 0 Å². The zero-order chi connectivity index (χ0) is 19.5. The van der Waals surface area contributed by atoms with Crippen molar-refractivity contribution in [3.63, 3.8) is 0 Å². The molecule has 0 aliphatic heterocycles. The van der Waals surface area contributed by atoms with Crippen LogP contribution in [0.1, 0.15) is 143 Å². The highest BCUT2D eigenvalue weighted by Gasteiger charge is 2.36. The second-order valence-corrected chi connectivity index (χ2v) is 8.43. The van der Waals surface area contributed by atoms with Crippen LogP contribution in [0.5, 0.6) is 0 Å². The van der Waals surface area contributed by atoms with E-state index in [1.807, 2.05) is 0 Å². The molecular formula is C24H48O2. The van der Waals surface area contributed by atoms with Gasteiger partial charge in [-0.15, -0.1) is 0 Å². The lowest BCUT2D eigenvalue weighted by molar-refractivity contribution is -0.150. The summed E-state index contributed by atoms with van der Waals surface area (Å²) in [6, 6.07) is 0. The fraction of sp³-hybridized carbons (Fsp3) is 0.958. The van der Waals surface area contributed by atoms with E-state index in [0.717, 1.165) is 38.5 Å². The van der Waals surface area contributed by atoms with Gasteiger partial charge in [0.15, 0.2) is 0 Å². The van der Waals surface area contributed by atoms with Crippen molar-refractivity contribution >= 4 is 5.97 Å². The third-order valence-corrected chi connectivity index (χ3v) is 5.98. The van der Waals surface area contributed by atoms with E-state index >= 15 is 0 Å². The van der Waals surface area contributed by atoms with Crippen LogP contribution in [0.25, 0.3) is 0 Å². The minimum atomic E-state index is -0.517. The molecular weight excluding hydrogens is 320 g/mol. The van der Waals surface area contributed by atoms with Crippen LogP contribution in [0, 0.1) is 5.41 Å². The van der Waals surface area contributed by atoms with E-state index in [1.54, 1.807) is 0 Å². The first-order chi connectivity index (χ1) is 12.6. The van der Waals surface area contributed by atoms with Gasteiger partial charge in [0.25, 0.3) is 0 Å². The number of hydrogen-bond donors (Lipinski definition) is 1. The molecule has 0 fully saturated rings. The molecule has 0 aromatic heterocycles. The van der Waals surface area contributed by atoms with Crippen molar-refractivity contribution < 1.29 is 9.90 Å². The summed E-state index contributed by atoms with van der Waals surface area (Å²) in [6.45, 7) is 6.71. The van der Waals surface area contributed by atoms with Gasteiger partial charge in [0.1, 0.15) is 0 Å². The lowest BCUT2D eigenvalue weighted by Gasteiger charge is -2.30. The van der Waals surface area contributed by atoms with Crippen molar-refractivity contribution in [1.29, 1.82) is 0 Å². The number of hydrogen-bond acceptors (Lipinski definition) is 1. The Labute approximate surface area is 164 Å². The van der Waals surface area contributed by atoms with E-state index in [0.29, 0.717) is 0 Å². The average molecular weight is 369 g/mol. The Morgan fingerprint density at radius 1 is 0.538 bits per heavy atom. The van der Waals surface area contributed by atoms with Crippen LogP contribution in [-0.4, -0.2) is 11.1 Å². The number of aliphatic carboxylic acids is 1. The summed E-state index contributed by atoms with van der Waals surface area (Å²) >= 11 is 0. The van der Waals surface area contributed by atoms with Gasteiger partial charge < -0.3 is 5.11 Å². The molecule has 0 amide bonds. The van der Waals surface area contributed by atoms with Crippen LogP contribution < -0.4 is 0 Å². The summed E-state index contributed by atoms with van der Waals surface area (Å²) in [5.41, 5.74) is -0.441. The lowest BCUT2D eigenvalue weighted by atomic mass is 9.74. The fourth-order valence-electron chi connectivity index (χ4n) is 4.07. The zero-order valence-electron chi connectivity index (χ0n) is 18.3. The maximum absolute atomic E-state index is 12.2. The summed E-state index contributed by atoms with van der Waals surface area (Å²) in [4.78, 5) is 12.2. The van der Waals surface area contributed by atoms with Gasteiger partial charge >= 0.3 is 5.97 Å². The molecule has 0 rings (SSSR count). The molecule has 0 saturated heterocycles. The Morgan fingerprint density at radius 3 is 1.08 bits per heavy atom. The minimum absolute atomic E-state index is 0.441. The van der Waals surface area contributed by atoms with Crippen molar-refractivity contribution in [3.8, 4) is 0 Å². The maximum atomic E-state index is 12.2. The van der Waals surface area contributed by atoms with E-state index in [1.165, 1.54) is 83.5 Å². The first-order valence-electron chi connectivity index (χ1n) is 11.9. The van der Waals surface area contributed by atoms with Gasteiger partial charge in [-0.2, -0.15) is 0 Å². The van der Waals surface area contributed by atoms with E-state index in [2.05, 4.69) is 20.8 Å². The molecule has 0 saturated carbocycles. The van der Waals surface area contributed by atoms with Gasteiger partial charge in [0, 0.05) is 0 Å². The zero-order valence-corrected chi connectivity index (χ0v) is 18.3. The predicted octanol–water partition coefficient (Wildman–Crippen LogP) is 8.53. The van der Waals surface area contributed by atoms with E-state index < -0.39 is 11.4 Å². The first kappa shape index (κ1) is 25.5. The van der Waals surface area contributed by atoms with E-state index in [-0.39, 0.29) is 0 Å². The normalized spacial score (nSPS) is 11.8. The van der Waals surface area contributed by atoms with Gasteiger partial charge in [0.05, 0.1) is 5.41 Å². The van der Waals surface area contributed by atoms with Crippen molar-refractivity contribution in [1.82, 2.24) is 0 Å². The van der Waals surface area contributed by atoms with Gasteiger partial charge in [-0.05, 0) is 19.3 Å². The predicted molar refractivity (Wildman–Crippen MR) is 115 cm³/mol. The molecule has 1 N–H and O–H groups in total. The summed E-state index contributed by atoms with van der Waals surface area (Å²) in [5.74, 6) is -0.517. The highest BCUT2D eigenvalue weighted by Crippen LogP contribution is 2.38. The molecule has 26 heavy (non-hydrogen) atoms. The van der Waals surface area contributed by atoms with Crippen molar-refractivity contribution in [2.75, 3.05) is 0 Å². The molecule has 156 valence electrons. The highest BCUT2D eigenvalue weighted by atomic mass is 16.4. The Hall–Kier alpha value is -0.530.